The van der Waals surface area contributed by atoms with E-state index >= 15 is 0 Å². The van der Waals surface area contributed by atoms with Gasteiger partial charge in [-0.15, -0.1) is 11.3 Å². The van der Waals surface area contributed by atoms with Crippen LogP contribution < -0.4 is 10.5 Å². The molecule has 0 amide bonds. The molecule has 1 heterocycles. The molecule has 4 heteroatoms. The van der Waals surface area contributed by atoms with Crippen molar-refractivity contribution in [1.82, 2.24) is 0 Å². The highest BCUT2D eigenvalue weighted by Crippen LogP contribution is 2.24. The van der Waals surface area contributed by atoms with Gasteiger partial charge in [-0.25, -0.2) is 0 Å². The van der Waals surface area contributed by atoms with Crippen molar-refractivity contribution < 1.29 is 4.74 Å². The van der Waals surface area contributed by atoms with Crippen molar-refractivity contribution in [3.8, 4) is 5.75 Å². The number of ether oxygens (including phenoxy) is 1. The second-order valence-electron chi connectivity index (χ2n) is 4.61. The molecule has 0 aliphatic carbocycles. The molecule has 2 aromatic rings. The second kappa shape index (κ2) is 7.08. The molecule has 1 atom stereocenters. The highest BCUT2D eigenvalue weighted by atomic mass is 79.9. The van der Waals surface area contributed by atoms with Gasteiger partial charge >= 0.3 is 0 Å². The molecule has 1 unspecified atom stereocenters. The maximum Gasteiger partial charge on any atom is 0.122 e. The number of halogens is 1. The molecule has 0 bridgehead atoms. The molecule has 2 N–H and O–H groups in total. The fraction of sp³-hybridized carbons (Fsp3) is 0.333. The molecule has 2 nitrogen and oxygen atoms in total. The van der Waals surface area contributed by atoms with E-state index in [-0.39, 0.29) is 6.04 Å². The Morgan fingerprint density at radius 1 is 1.37 bits per heavy atom. The minimum absolute atomic E-state index is 0.133. The SMILES string of the molecule is CC(N)Cc1cc(Br)ccc1OCCc1cccs1. The van der Waals surface area contributed by atoms with Gasteiger partial charge in [-0.3, -0.25) is 0 Å². The second-order valence-corrected chi connectivity index (χ2v) is 6.56. The minimum atomic E-state index is 0.133. The Morgan fingerprint density at radius 2 is 2.21 bits per heavy atom. The van der Waals surface area contributed by atoms with E-state index < -0.39 is 0 Å². The summed E-state index contributed by atoms with van der Waals surface area (Å²) >= 11 is 5.26. The van der Waals surface area contributed by atoms with Crippen molar-refractivity contribution in [2.24, 2.45) is 5.73 Å². The molecule has 102 valence electrons. The third kappa shape index (κ3) is 4.64. The molecule has 0 spiro atoms. The lowest BCUT2D eigenvalue weighted by Crippen LogP contribution is -2.18. The summed E-state index contributed by atoms with van der Waals surface area (Å²) in [6.07, 6.45) is 1.78. The van der Waals surface area contributed by atoms with Crippen LogP contribution in [0.4, 0.5) is 0 Å². The fourth-order valence-electron chi connectivity index (χ4n) is 1.91. The molecule has 0 saturated carbocycles. The summed E-state index contributed by atoms with van der Waals surface area (Å²) in [6.45, 7) is 2.71. The predicted octanol–water partition coefficient (Wildman–Crippen LogP) is 4.02. The maximum atomic E-state index is 5.90. The number of thiophene rings is 1. The Balaban J connectivity index is 1.98. The van der Waals surface area contributed by atoms with Crippen LogP contribution in [-0.4, -0.2) is 12.6 Å². The lowest BCUT2D eigenvalue weighted by molar-refractivity contribution is 0.319. The zero-order valence-corrected chi connectivity index (χ0v) is 13.3. The molecule has 0 saturated heterocycles. The summed E-state index contributed by atoms with van der Waals surface area (Å²) < 4.78 is 6.96. The predicted molar refractivity (Wildman–Crippen MR) is 85.0 cm³/mol. The molecule has 1 aromatic carbocycles. The Bertz CT molecular complexity index is 511. The molecule has 2 rings (SSSR count). The molecule has 1 aromatic heterocycles. The normalized spacial score (nSPS) is 12.4. The van der Waals surface area contributed by atoms with E-state index in [0.717, 1.165) is 28.6 Å². The highest BCUT2D eigenvalue weighted by Gasteiger charge is 2.07. The van der Waals surface area contributed by atoms with Gasteiger partial charge in [0.25, 0.3) is 0 Å². The van der Waals surface area contributed by atoms with Gasteiger partial charge in [0.1, 0.15) is 5.75 Å². The number of nitrogens with two attached hydrogens (primary N) is 1. The van der Waals surface area contributed by atoms with E-state index in [0.29, 0.717) is 6.61 Å². The van der Waals surface area contributed by atoms with Crippen LogP contribution in [0.2, 0.25) is 0 Å². The minimum Gasteiger partial charge on any atom is -0.493 e. The molecular formula is C15H18BrNOS. The first-order valence-corrected chi connectivity index (χ1v) is 8.01. The van der Waals surface area contributed by atoms with Crippen LogP contribution in [0.25, 0.3) is 0 Å². The topological polar surface area (TPSA) is 35.2 Å². The molecular weight excluding hydrogens is 322 g/mol. The fourth-order valence-corrected chi connectivity index (χ4v) is 3.01. The van der Waals surface area contributed by atoms with E-state index in [1.165, 1.54) is 4.88 Å². The zero-order chi connectivity index (χ0) is 13.7. The van der Waals surface area contributed by atoms with Crippen LogP contribution in [0.3, 0.4) is 0 Å². The van der Waals surface area contributed by atoms with Gasteiger partial charge < -0.3 is 10.5 Å². The summed E-state index contributed by atoms with van der Waals surface area (Å²) in [5, 5.41) is 2.09. The van der Waals surface area contributed by atoms with Gasteiger partial charge in [-0.1, -0.05) is 22.0 Å². The smallest absolute Gasteiger partial charge is 0.122 e. The van der Waals surface area contributed by atoms with Gasteiger partial charge in [0.15, 0.2) is 0 Å². The summed E-state index contributed by atoms with van der Waals surface area (Å²) in [5.74, 6) is 0.942. The van der Waals surface area contributed by atoms with Crippen molar-refractivity contribution in [1.29, 1.82) is 0 Å². The van der Waals surface area contributed by atoms with Crippen molar-refractivity contribution >= 4 is 27.3 Å². The molecule has 0 aliphatic heterocycles. The standard InChI is InChI=1S/C15H18BrNOS/c1-11(17)9-12-10-13(16)4-5-15(12)18-7-6-14-3-2-8-19-14/h2-5,8,10-11H,6-7,9,17H2,1H3. The Hall–Kier alpha value is -0.840. The number of hydrogen-bond acceptors (Lipinski definition) is 3. The van der Waals surface area contributed by atoms with Crippen LogP contribution in [0.15, 0.2) is 40.2 Å². The third-order valence-electron chi connectivity index (χ3n) is 2.75. The number of rotatable bonds is 6. The van der Waals surface area contributed by atoms with E-state index in [4.69, 9.17) is 10.5 Å². The molecule has 0 fully saturated rings. The first-order chi connectivity index (χ1) is 9.15. The van der Waals surface area contributed by atoms with Gasteiger partial charge in [0.2, 0.25) is 0 Å². The Morgan fingerprint density at radius 3 is 2.89 bits per heavy atom. The van der Waals surface area contributed by atoms with E-state index in [1.807, 2.05) is 19.1 Å². The largest absolute Gasteiger partial charge is 0.493 e. The molecule has 0 aliphatic rings. The van der Waals surface area contributed by atoms with E-state index in [2.05, 4.69) is 39.5 Å². The van der Waals surface area contributed by atoms with Gasteiger partial charge in [0.05, 0.1) is 6.61 Å². The quantitative estimate of drug-likeness (QED) is 0.862. The van der Waals surface area contributed by atoms with Gasteiger partial charge in [0, 0.05) is 21.8 Å². The van der Waals surface area contributed by atoms with Crippen LogP contribution >= 0.6 is 27.3 Å². The lowest BCUT2D eigenvalue weighted by Gasteiger charge is -2.13. The van der Waals surface area contributed by atoms with Crippen molar-refractivity contribution in [3.63, 3.8) is 0 Å². The zero-order valence-electron chi connectivity index (χ0n) is 10.9. The van der Waals surface area contributed by atoms with Gasteiger partial charge in [-0.2, -0.15) is 0 Å². The first-order valence-electron chi connectivity index (χ1n) is 6.34. The number of hydrogen-bond donors (Lipinski definition) is 1. The third-order valence-corrected chi connectivity index (χ3v) is 4.18. The monoisotopic (exact) mass is 339 g/mol. The summed E-state index contributed by atoms with van der Waals surface area (Å²) in [5.41, 5.74) is 7.04. The van der Waals surface area contributed by atoms with Crippen molar-refractivity contribution in [3.05, 3.63) is 50.6 Å². The van der Waals surface area contributed by atoms with Crippen LogP contribution in [0.1, 0.15) is 17.4 Å². The highest BCUT2D eigenvalue weighted by molar-refractivity contribution is 9.10. The lowest BCUT2D eigenvalue weighted by atomic mass is 10.1. The van der Waals surface area contributed by atoms with E-state index in [9.17, 15) is 0 Å². The summed E-state index contributed by atoms with van der Waals surface area (Å²) in [7, 11) is 0. The maximum absolute atomic E-state index is 5.90. The van der Waals surface area contributed by atoms with Crippen LogP contribution in [0.5, 0.6) is 5.75 Å². The van der Waals surface area contributed by atoms with Crippen LogP contribution in [0, 0.1) is 0 Å². The molecule has 0 radical (unpaired) electrons. The average molecular weight is 340 g/mol. The summed E-state index contributed by atoms with van der Waals surface area (Å²) in [6, 6.07) is 10.4. The Labute approximate surface area is 126 Å². The average Bonchev–Trinajstić information content (AvgIpc) is 2.84. The first kappa shape index (κ1) is 14.6. The molecule has 19 heavy (non-hydrogen) atoms. The van der Waals surface area contributed by atoms with Crippen molar-refractivity contribution in [2.45, 2.75) is 25.8 Å². The summed E-state index contributed by atoms with van der Waals surface area (Å²) in [4.78, 5) is 1.35. The van der Waals surface area contributed by atoms with Crippen LogP contribution in [-0.2, 0) is 12.8 Å². The van der Waals surface area contributed by atoms with Crippen molar-refractivity contribution in [2.75, 3.05) is 6.61 Å². The van der Waals surface area contributed by atoms with E-state index in [1.54, 1.807) is 11.3 Å². The number of benzene rings is 1. The van der Waals surface area contributed by atoms with Gasteiger partial charge in [-0.05, 0) is 48.6 Å². The Kier molecular flexibility index (Phi) is 5.43.